The molecule has 0 radical (unpaired) electrons. The van der Waals surface area contributed by atoms with E-state index in [2.05, 4.69) is 36.4 Å². The normalized spacial score (nSPS) is 23.6. The molecule has 4 atom stereocenters. The number of para-hydroxylation sites is 1. The molecule has 1 fully saturated rings. The van der Waals surface area contributed by atoms with Crippen molar-refractivity contribution in [2.45, 2.75) is 52.4 Å². The molecule has 5 N–H and O–H groups in total. The number of thiazole rings is 1. The molecule has 9 heteroatoms. The van der Waals surface area contributed by atoms with Crippen molar-refractivity contribution in [3.05, 3.63) is 30.0 Å². The van der Waals surface area contributed by atoms with E-state index >= 15 is 0 Å². The lowest BCUT2D eigenvalue weighted by Crippen LogP contribution is -2.36. The zero-order valence-corrected chi connectivity index (χ0v) is 19.6. The number of rotatable bonds is 6. The second kappa shape index (κ2) is 8.90. The van der Waals surface area contributed by atoms with Crippen LogP contribution in [0.5, 0.6) is 0 Å². The number of nitrogens with zero attached hydrogens (tertiary/aromatic N) is 3. The molecule has 2 aromatic heterocycles. The summed E-state index contributed by atoms with van der Waals surface area (Å²) in [5.74, 6) is 0.675. The minimum atomic E-state index is -1.00. The van der Waals surface area contributed by atoms with Crippen molar-refractivity contribution in [2.75, 3.05) is 23.8 Å². The van der Waals surface area contributed by atoms with E-state index in [-0.39, 0.29) is 17.9 Å². The van der Waals surface area contributed by atoms with Gasteiger partial charge in [0.1, 0.15) is 16.9 Å². The molecule has 0 amide bonds. The molecular weight excluding hydrogens is 426 g/mol. The minimum absolute atomic E-state index is 0.0522. The maximum absolute atomic E-state index is 10.5. The molecule has 172 valence electrons. The Balaban J connectivity index is 1.74. The molecular formula is C23H31N5O3S. The number of fused-ring (bicyclic) bond motifs is 1. The van der Waals surface area contributed by atoms with Crippen molar-refractivity contribution in [3.8, 4) is 10.6 Å². The van der Waals surface area contributed by atoms with Crippen LogP contribution in [-0.4, -0.2) is 61.7 Å². The van der Waals surface area contributed by atoms with Crippen LogP contribution in [0.15, 0.2) is 24.3 Å². The average molecular weight is 458 g/mol. The van der Waals surface area contributed by atoms with E-state index < -0.39 is 18.2 Å². The monoisotopic (exact) mass is 457 g/mol. The van der Waals surface area contributed by atoms with Crippen LogP contribution in [-0.2, 0) is 0 Å². The molecule has 0 aliphatic heterocycles. The Hall–Kier alpha value is -2.33. The van der Waals surface area contributed by atoms with E-state index in [4.69, 9.17) is 9.97 Å². The Morgan fingerprint density at radius 1 is 1.09 bits per heavy atom. The van der Waals surface area contributed by atoms with Crippen LogP contribution in [0.25, 0.3) is 20.8 Å². The first-order valence-corrected chi connectivity index (χ1v) is 11.7. The summed E-state index contributed by atoms with van der Waals surface area (Å²) in [4.78, 5) is 14.2. The average Bonchev–Trinajstić information content (AvgIpc) is 3.27. The first-order chi connectivity index (χ1) is 15.2. The van der Waals surface area contributed by atoms with E-state index in [9.17, 15) is 15.3 Å². The van der Waals surface area contributed by atoms with Crippen LogP contribution in [0.2, 0.25) is 0 Å². The maximum atomic E-state index is 10.5. The van der Waals surface area contributed by atoms with Crippen molar-refractivity contribution in [1.82, 2.24) is 15.0 Å². The Morgan fingerprint density at radius 3 is 2.50 bits per heavy atom. The Bertz CT molecular complexity index is 1060. The molecule has 3 aromatic rings. The summed E-state index contributed by atoms with van der Waals surface area (Å²) >= 11 is 1.56. The summed E-state index contributed by atoms with van der Waals surface area (Å²) in [7, 11) is 0. The number of hydrogen-bond acceptors (Lipinski definition) is 9. The molecule has 4 rings (SSSR count). The third kappa shape index (κ3) is 4.71. The van der Waals surface area contributed by atoms with Crippen LogP contribution in [0.4, 0.5) is 11.8 Å². The molecule has 2 heterocycles. The van der Waals surface area contributed by atoms with Crippen molar-refractivity contribution >= 4 is 33.3 Å². The number of aliphatic hydroxyl groups is 3. The lowest BCUT2D eigenvalue weighted by Gasteiger charge is -2.22. The number of nitrogens with one attached hydrogen (secondary N) is 2. The van der Waals surface area contributed by atoms with Crippen LogP contribution in [0.1, 0.15) is 32.9 Å². The van der Waals surface area contributed by atoms with E-state index in [1.807, 2.05) is 31.2 Å². The first kappa shape index (κ1) is 22.8. The summed E-state index contributed by atoms with van der Waals surface area (Å²) in [6, 6.07) is 7.50. The molecule has 0 bridgehead atoms. The predicted molar refractivity (Wildman–Crippen MR) is 128 cm³/mol. The molecule has 1 aromatic carbocycles. The van der Waals surface area contributed by atoms with Gasteiger partial charge in [0.25, 0.3) is 0 Å². The maximum Gasteiger partial charge on any atom is 0.224 e. The number of hydrogen-bond donors (Lipinski definition) is 5. The zero-order valence-electron chi connectivity index (χ0n) is 18.8. The first-order valence-electron chi connectivity index (χ1n) is 10.9. The van der Waals surface area contributed by atoms with Gasteiger partial charge in [0.2, 0.25) is 5.95 Å². The molecule has 0 unspecified atom stereocenters. The van der Waals surface area contributed by atoms with E-state index in [0.29, 0.717) is 24.7 Å². The van der Waals surface area contributed by atoms with Gasteiger partial charge < -0.3 is 26.0 Å². The third-order valence-corrected chi connectivity index (χ3v) is 6.79. The van der Waals surface area contributed by atoms with Gasteiger partial charge in [0, 0.05) is 19.1 Å². The highest BCUT2D eigenvalue weighted by Gasteiger charge is 2.41. The Labute approximate surface area is 191 Å². The van der Waals surface area contributed by atoms with E-state index in [1.54, 1.807) is 11.3 Å². The SMILES string of the molecule is Cc1nc(NCC(C)(C)C)nc(N[C@@H]2C[C@H](CO)[C@@H](O)[C@H]2O)c1-c1nc2ccccc2s1. The summed E-state index contributed by atoms with van der Waals surface area (Å²) in [5.41, 5.74) is 2.51. The number of aromatic nitrogens is 3. The second-order valence-electron chi connectivity index (χ2n) is 9.67. The molecule has 1 aliphatic carbocycles. The van der Waals surface area contributed by atoms with Gasteiger partial charge >= 0.3 is 0 Å². The fourth-order valence-electron chi connectivity index (χ4n) is 3.96. The zero-order chi connectivity index (χ0) is 23.0. The molecule has 0 saturated heterocycles. The highest BCUT2D eigenvalue weighted by atomic mass is 32.1. The van der Waals surface area contributed by atoms with Crippen molar-refractivity contribution in [2.24, 2.45) is 11.3 Å². The van der Waals surface area contributed by atoms with Gasteiger partial charge in [-0.3, -0.25) is 0 Å². The standard InChI is InChI=1S/C23H31N5O3S/c1-12-17(21-27-14-7-5-6-8-16(14)32-21)20(28-22(25-12)24-11-23(2,3)4)26-15-9-13(10-29)18(30)19(15)31/h5-8,13,15,18-19,29-31H,9-11H2,1-4H3,(H2,24,25,26,28)/t13-,15-,18-,19+/m1/s1. The molecule has 32 heavy (non-hydrogen) atoms. The van der Waals surface area contributed by atoms with Gasteiger partial charge in [-0.2, -0.15) is 4.98 Å². The molecule has 0 spiro atoms. The van der Waals surface area contributed by atoms with Gasteiger partial charge in [-0.25, -0.2) is 9.97 Å². The van der Waals surface area contributed by atoms with Gasteiger partial charge in [0.05, 0.1) is 33.6 Å². The lowest BCUT2D eigenvalue weighted by molar-refractivity contribution is 0.00446. The van der Waals surface area contributed by atoms with Crippen molar-refractivity contribution in [3.63, 3.8) is 0 Å². The lowest BCUT2D eigenvalue weighted by atomic mass is 9.97. The largest absolute Gasteiger partial charge is 0.396 e. The molecule has 8 nitrogen and oxygen atoms in total. The second-order valence-corrected chi connectivity index (χ2v) is 10.7. The summed E-state index contributed by atoms with van der Waals surface area (Å²) in [6.45, 7) is 8.84. The highest BCUT2D eigenvalue weighted by molar-refractivity contribution is 7.21. The van der Waals surface area contributed by atoms with Gasteiger partial charge in [-0.15, -0.1) is 11.3 Å². The van der Waals surface area contributed by atoms with Crippen LogP contribution < -0.4 is 10.6 Å². The fourth-order valence-corrected chi connectivity index (χ4v) is 5.02. The number of anilines is 2. The summed E-state index contributed by atoms with van der Waals surface area (Å²) < 4.78 is 1.07. The Morgan fingerprint density at radius 2 is 1.84 bits per heavy atom. The van der Waals surface area contributed by atoms with Crippen molar-refractivity contribution in [1.29, 1.82) is 0 Å². The Kier molecular flexibility index (Phi) is 6.35. The molecule has 1 aliphatic rings. The van der Waals surface area contributed by atoms with Gasteiger partial charge in [-0.05, 0) is 30.9 Å². The number of aryl methyl sites for hydroxylation is 1. The summed E-state index contributed by atoms with van der Waals surface area (Å²) in [6.07, 6.45) is -1.55. The van der Waals surface area contributed by atoms with Gasteiger partial charge in [-0.1, -0.05) is 32.9 Å². The smallest absolute Gasteiger partial charge is 0.224 e. The third-order valence-electron chi connectivity index (χ3n) is 5.73. The van der Waals surface area contributed by atoms with Crippen LogP contribution in [0.3, 0.4) is 0 Å². The van der Waals surface area contributed by atoms with E-state index in [0.717, 1.165) is 26.5 Å². The fraction of sp³-hybridized carbons (Fsp3) is 0.522. The van der Waals surface area contributed by atoms with Crippen molar-refractivity contribution < 1.29 is 15.3 Å². The quantitative estimate of drug-likeness (QED) is 0.383. The van der Waals surface area contributed by atoms with E-state index in [1.165, 1.54) is 0 Å². The number of aliphatic hydroxyl groups excluding tert-OH is 3. The van der Waals surface area contributed by atoms with Crippen LogP contribution in [0, 0.1) is 18.3 Å². The molecule has 1 saturated carbocycles. The predicted octanol–water partition coefficient (Wildman–Crippen LogP) is 3.03. The minimum Gasteiger partial charge on any atom is -0.396 e. The number of benzene rings is 1. The highest BCUT2D eigenvalue weighted by Crippen LogP contribution is 2.38. The topological polar surface area (TPSA) is 123 Å². The van der Waals surface area contributed by atoms with Gasteiger partial charge in [0.15, 0.2) is 0 Å². The van der Waals surface area contributed by atoms with Crippen LogP contribution >= 0.6 is 11.3 Å². The summed E-state index contributed by atoms with van der Waals surface area (Å²) in [5, 5.41) is 37.8.